The molecule has 21 heavy (non-hydrogen) atoms. The zero-order chi connectivity index (χ0) is 14.8. The van der Waals surface area contributed by atoms with Crippen LogP contribution in [0.15, 0.2) is 28.8 Å². The minimum atomic E-state index is -0.202. The molecule has 112 valence electrons. The van der Waals surface area contributed by atoms with Gasteiger partial charge in [-0.25, -0.2) is 0 Å². The van der Waals surface area contributed by atoms with Gasteiger partial charge in [0.15, 0.2) is 5.82 Å². The Hall–Kier alpha value is -1.88. The van der Waals surface area contributed by atoms with Crippen molar-refractivity contribution in [1.29, 1.82) is 0 Å². The molecule has 0 aliphatic carbocycles. The first kappa shape index (κ1) is 14.1. The molecule has 0 bridgehead atoms. The Balaban J connectivity index is 1.88. The van der Waals surface area contributed by atoms with Gasteiger partial charge in [-0.05, 0) is 18.4 Å². The number of hydrogen-bond acceptors (Lipinski definition) is 5. The van der Waals surface area contributed by atoms with Crippen LogP contribution in [0.4, 0.5) is 0 Å². The van der Waals surface area contributed by atoms with Gasteiger partial charge in [0.25, 0.3) is 0 Å². The fourth-order valence-corrected chi connectivity index (χ4v) is 2.63. The van der Waals surface area contributed by atoms with Crippen LogP contribution in [0.1, 0.15) is 55.9 Å². The summed E-state index contributed by atoms with van der Waals surface area (Å²) < 4.78 is 11.1. The molecule has 1 aromatic heterocycles. The summed E-state index contributed by atoms with van der Waals surface area (Å²) in [4.78, 5) is 4.54. The fourth-order valence-electron chi connectivity index (χ4n) is 2.63. The molecule has 0 saturated carbocycles. The SMILES string of the molecule is CCC(C)[C@H](N)c1nc(C2CCOc3ccccc32)no1. The molecule has 2 aromatic rings. The lowest BCUT2D eigenvalue weighted by Crippen LogP contribution is -2.19. The lowest BCUT2D eigenvalue weighted by Gasteiger charge is -2.23. The molecule has 2 N–H and O–H groups in total. The number of aromatic nitrogens is 2. The highest BCUT2D eigenvalue weighted by molar-refractivity contribution is 5.40. The van der Waals surface area contributed by atoms with E-state index in [9.17, 15) is 0 Å². The van der Waals surface area contributed by atoms with Crippen LogP contribution in [0.25, 0.3) is 0 Å². The molecule has 5 nitrogen and oxygen atoms in total. The van der Waals surface area contributed by atoms with Gasteiger partial charge in [0.05, 0.1) is 18.6 Å². The van der Waals surface area contributed by atoms with Gasteiger partial charge in [0.2, 0.25) is 5.89 Å². The number of rotatable bonds is 4. The largest absolute Gasteiger partial charge is 0.493 e. The standard InChI is InChI=1S/C16H21N3O2/c1-3-10(2)14(17)16-18-15(19-21-16)12-8-9-20-13-7-5-4-6-11(12)13/h4-7,10,12,14H,3,8-9,17H2,1-2H3/t10?,12?,14-/m0/s1. The van der Waals surface area contributed by atoms with Gasteiger partial charge in [0.1, 0.15) is 5.75 Å². The van der Waals surface area contributed by atoms with Crippen molar-refractivity contribution in [1.82, 2.24) is 10.1 Å². The summed E-state index contributed by atoms with van der Waals surface area (Å²) in [7, 11) is 0. The lowest BCUT2D eigenvalue weighted by molar-refractivity contribution is 0.271. The van der Waals surface area contributed by atoms with E-state index in [4.69, 9.17) is 15.0 Å². The predicted molar refractivity (Wildman–Crippen MR) is 79.1 cm³/mol. The average Bonchev–Trinajstić information content (AvgIpc) is 3.02. The minimum Gasteiger partial charge on any atom is -0.493 e. The van der Waals surface area contributed by atoms with Crippen molar-refractivity contribution < 1.29 is 9.26 Å². The Kier molecular flexibility index (Phi) is 3.92. The number of nitrogens with zero attached hydrogens (tertiary/aromatic N) is 2. The predicted octanol–water partition coefficient (Wildman–Crippen LogP) is 3.03. The van der Waals surface area contributed by atoms with E-state index in [-0.39, 0.29) is 12.0 Å². The maximum absolute atomic E-state index is 6.17. The molecule has 0 radical (unpaired) electrons. The molecular formula is C16H21N3O2. The van der Waals surface area contributed by atoms with Crippen LogP contribution in [0.2, 0.25) is 0 Å². The van der Waals surface area contributed by atoms with Crippen LogP contribution in [0.5, 0.6) is 5.75 Å². The van der Waals surface area contributed by atoms with E-state index in [0.29, 0.717) is 24.2 Å². The van der Waals surface area contributed by atoms with Crippen molar-refractivity contribution in [2.45, 2.75) is 38.6 Å². The van der Waals surface area contributed by atoms with Crippen LogP contribution in [-0.4, -0.2) is 16.7 Å². The molecule has 0 saturated heterocycles. The highest BCUT2D eigenvalue weighted by atomic mass is 16.5. The first-order valence-electron chi connectivity index (χ1n) is 7.51. The molecule has 1 aliphatic heterocycles. The van der Waals surface area contributed by atoms with Crippen LogP contribution < -0.4 is 10.5 Å². The van der Waals surface area contributed by atoms with Gasteiger partial charge in [0, 0.05) is 5.56 Å². The number of para-hydroxylation sites is 1. The Morgan fingerprint density at radius 3 is 3.00 bits per heavy atom. The molecule has 5 heteroatoms. The van der Waals surface area contributed by atoms with Crippen molar-refractivity contribution in [3.05, 3.63) is 41.5 Å². The normalized spacial score (nSPS) is 20.4. The Morgan fingerprint density at radius 1 is 1.38 bits per heavy atom. The lowest BCUT2D eigenvalue weighted by atomic mass is 9.92. The van der Waals surface area contributed by atoms with E-state index < -0.39 is 0 Å². The van der Waals surface area contributed by atoms with E-state index in [2.05, 4.69) is 30.1 Å². The number of benzene rings is 1. The average molecular weight is 287 g/mol. The summed E-state index contributed by atoms with van der Waals surface area (Å²) in [5.41, 5.74) is 7.28. The van der Waals surface area contributed by atoms with Crippen LogP contribution in [-0.2, 0) is 0 Å². The van der Waals surface area contributed by atoms with E-state index in [1.54, 1.807) is 0 Å². The molecule has 3 atom stereocenters. The molecule has 0 amide bonds. The van der Waals surface area contributed by atoms with Gasteiger partial charge < -0.3 is 15.0 Å². The molecule has 2 heterocycles. The van der Waals surface area contributed by atoms with Gasteiger partial charge in [-0.2, -0.15) is 4.98 Å². The number of nitrogens with two attached hydrogens (primary N) is 1. The second-order valence-electron chi connectivity index (χ2n) is 5.63. The first-order valence-corrected chi connectivity index (χ1v) is 7.51. The zero-order valence-electron chi connectivity index (χ0n) is 12.5. The number of hydrogen-bond donors (Lipinski definition) is 1. The van der Waals surface area contributed by atoms with Crippen molar-refractivity contribution in [2.75, 3.05) is 6.61 Å². The van der Waals surface area contributed by atoms with E-state index in [1.807, 2.05) is 18.2 Å². The third kappa shape index (κ3) is 2.65. The molecule has 0 spiro atoms. The topological polar surface area (TPSA) is 74.2 Å². The highest BCUT2D eigenvalue weighted by Crippen LogP contribution is 2.37. The Bertz CT molecular complexity index is 611. The zero-order valence-corrected chi connectivity index (χ0v) is 12.5. The van der Waals surface area contributed by atoms with E-state index >= 15 is 0 Å². The summed E-state index contributed by atoms with van der Waals surface area (Å²) in [6, 6.07) is 7.82. The summed E-state index contributed by atoms with van der Waals surface area (Å²) in [5.74, 6) is 2.59. The van der Waals surface area contributed by atoms with Crippen LogP contribution in [0.3, 0.4) is 0 Å². The second kappa shape index (κ2) is 5.85. The number of fused-ring (bicyclic) bond motifs is 1. The van der Waals surface area contributed by atoms with Gasteiger partial charge >= 0.3 is 0 Å². The first-order chi connectivity index (χ1) is 10.2. The van der Waals surface area contributed by atoms with E-state index in [1.165, 1.54) is 0 Å². The van der Waals surface area contributed by atoms with Gasteiger partial charge in [-0.15, -0.1) is 0 Å². The molecule has 1 aliphatic rings. The quantitative estimate of drug-likeness (QED) is 0.935. The monoisotopic (exact) mass is 287 g/mol. The summed E-state index contributed by atoms with van der Waals surface area (Å²) in [6.45, 7) is 4.87. The smallest absolute Gasteiger partial charge is 0.243 e. The Morgan fingerprint density at radius 2 is 2.19 bits per heavy atom. The fraction of sp³-hybridized carbons (Fsp3) is 0.500. The maximum atomic E-state index is 6.17. The van der Waals surface area contributed by atoms with Gasteiger partial charge in [-0.1, -0.05) is 43.6 Å². The second-order valence-corrected chi connectivity index (χ2v) is 5.63. The van der Waals surface area contributed by atoms with Crippen molar-refractivity contribution >= 4 is 0 Å². The van der Waals surface area contributed by atoms with Crippen LogP contribution >= 0.6 is 0 Å². The highest BCUT2D eigenvalue weighted by Gasteiger charge is 2.28. The van der Waals surface area contributed by atoms with Crippen LogP contribution in [0, 0.1) is 5.92 Å². The summed E-state index contributed by atoms with van der Waals surface area (Å²) in [5, 5.41) is 4.15. The van der Waals surface area contributed by atoms with Crippen molar-refractivity contribution in [3.63, 3.8) is 0 Å². The van der Waals surface area contributed by atoms with Crippen molar-refractivity contribution in [2.24, 2.45) is 11.7 Å². The third-order valence-corrected chi connectivity index (χ3v) is 4.27. The molecule has 3 rings (SSSR count). The number of ether oxygens (including phenoxy) is 1. The Labute approximate surface area is 124 Å². The summed E-state index contributed by atoms with van der Waals surface area (Å²) in [6.07, 6.45) is 1.84. The summed E-state index contributed by atoms with van der Waals surface area (Å²) >= 11 is 0. The van der Waals surface area contributed by atoms with Gasteiger partial charge in [-0.3, -0.25) is 0 Å². The molecular weight excluding hydrogens is 266 g/mol. The van der Waals surface area contributed by atoms with E-state index in [0.717, 1.165) is 24.2 Å². The molecule has 2 unspecified atom stereocenters. The molecule has 0 fully saturated rings. The third-order valence-electron chi connectivity index (χ3n) is 4.27. The minimum absolute atomic E-state index is 0.122. The molecule has 1 aromatic carbocycles. The maximum Gasteiger partial charge on any atom is 0.243 e. The van der Waals surface area contributed by atoms with Crippen molar-refractivity contribution in [3.8, 4) is 5.75 Å².